The quantitative estimate of drug-likeness (QED) is 0.752. The Balaban J connectivity index is 2.34. The monoisotopic (exact) mass is 337 g/mol. The van der Waals surface area contributed by atoms with Crippen LogP contribution in [0, 0.1) is 0 Å². The lowest BCUT2D eigenvalue weighted by molar-refractivity contribution is -0.137. The van der Waals surface area contributed by atoms with Crippen molar-refractivity contribution in [3.05, 3.63) is 58.7 Å². The van der Waals surface area contributed by atoms with Gasteiger partial charge in [-0.2, -0.15) is 13.2 Å². The van der Waals surface area contributed by atoms with Crippen LogP contribution in [0.25, 0.3) is 22.3 Å². The van der Waals surface area contributed by atoms with Crippen molar-refractivity contribution in [2.24, 2.45) is 5.73 Å². The standard InChI is InChI=1S/C16H11ClF3N3/c17-11-6-3-7-12-15(11)23-14(13(8-21)22-12)9-4-1-2-5-10(9)16(18,19)20/h1-7H,8,21H2. The van der Waals surface area contributed by atoms with E-state index in [1.165, 1.54) is 18.2 Å². The first-order valence-electron chi connectivity index (χ1n) is 6.73. The molecule has 7 heteroatoms. The number of nitrogens with two attached hydrogens (primary N) is 1. The number of rotatable bonds is 2. The van der Waals surface area contributed by atoms with Crippen LogP contribution in [0.2, 0.25) is 5.02 Å². The number of nitrogens with zero attached hydrogens (tertiary/aromatic N) is 2. The van der Waals surface area contributed by atoms with E-state index in [1.54, 1.807) is 18.2 Å². The van der Waals surface area contributed by atoms with E-state index in [4.69, 9.17) is 17.3 Å². The van der Waals surface area contributed by atoms with Crippen molar-refractivity contribution in [1.82, 2.24) is 9.97 Å². The lowest BCUT2D eigenvalue weighted by Crippen LogP contribution is -2.10. The number of benzene rings is 2. The summed E-state index contributed by atoms with van der Waals surface area (Å²) in [7, 11) is 0. The van der Waals surface area contributed by atoms with E-state index in [1.807, 2.05) is 0 Å². The number of halogens is 4. The van der Waals surface area contributed by atoms with Gasteiger partial charge in [-0.3, -0.25) is 0 Å². The van der Waals surface area contributed by atoms with Gasteiger partial charge in [0.05, 0.1) is 27.5 Å². The lowest BCUT2D eigenvalue weighted by Gasteiger charge is -2.15. The van der Waals surface area contributed by atoms with Crippen LogP contribution in [0.4, 0.5) is 13.2 Å². The van der Waals surface area contributed by atoms with Gasteiger partial charge in [0.2, 0.25) is 0 Å². The van der Waals surface area contributed by atoms with Crippen molar-refractivity contribution < 1.29 is 13.2 Å². The number of alkyl halides is 3. The molecule has 0 bridgehead atoms. The molecule has 3 aromatic rings. The third kappa shape index (κ3) is 2.87. The van der Waals surface area contributed by atoms with Gasteiger partial charge in [0.25, 0.3) is 0 Å². The highest BCUT2D eigenvalue weighted by Crippen LogP contribution is 2.37. The summed E-state index contributed by atoms with van der Waals surface area (Å²) in [5.74, 6) is 0. The summed E-state index contributed by atoms with van der Waals surface area (Å²) >= 11 is 6.09. The van der Waals surface area contributed by atoms with Crippen LogP contribution in [-0.4, -0.2) is 9.97 Å². The summed E-state index contributed by atoms with van der Waals surface area (Å²) < 4.78 is 39.8. The van der Waals surface area contributed by atoms with Gasteiger partial charge in [0.15, 0.2) is 0 Å². The van der Waals surface area contributed by atoms with Crippen LogP contribution in [0.3, 0.4) is 0 Å². The van der Waals surface area contributed by atoms with Crippen LogP contribution in [0.15, 0.2) is 42.5 Å². The molecule has 0 radical (unpaired) electrons. The zero-order valence-electron chi connectivity index (χ0n) is 11.7. The predicted octanol–water partition coefficient (Wildman–Crippen LogP) is 4.43. The second kappa shape index (κ2) is 5.79. The second-order valence-electron chi connectivity index (χ2n) is 4.87. The molecule has 0 saturated heterocycles. The molecule has 3 rings (SSSR count). The highest BCUT2D eigenvalue weighted by molar-refractivity contribution is 6.34. The maximum atomic E-state index is 13.3. The predicted molar refractivity (Wildman–Crippen MR) is 82.9 cm³/mol. The molecule has 0 unspecified atom stereocenters. The van der Waals surface area contributed by atoms with E-state index in [0.29, 0.717) is 16.1 Å². The van der Waals surface area contributed by atoms with Crippen LogP contribution in [0.1, 0.15) is 11.3 Å². The topological polar surface area (TPSA) is 51.8 Å². The molecule has 0 fully saturated rings. The number of para-hydroxylation sites is 1. The first kappa shape index (κ1) is 15.7. The van der Waals surface area contributed by atoms with Crippen molar-refractivity contribution in [1.29, 1.82) is 0 Å². The van der Waals surface area contributed by atoms with Crippen molar-refractivity contribution >= 4 is 22.6 Å². The Morgan fingerprint density at radius 1 is 1.00 bits per heavy atom. The number of aromatic nitrogens is 2. The van der Waals surface area contributed by atoms with E-state index in [-0.39, 0.29) is 23.5 Å². The number of hydrogen-bond acceptors (Lipinski definition) is 3. The minimum absolute atomic E-state index is 0.0308. The molecule has 3 nitrogen and oxygen atoms in total. The van der Waals surface area contributed by atoms with Gasteiger partial charge in [-0.05, 0) is 18.2 Å². The summed E-state index contributed by atoms with van der Waals surface area (Å²) in [5.41, 5.74) is 6.04. The Bertz CT molecular complexity index is 878. The van der Waals surface area contributed by atoms with Gasteiger partial charge >= 0.3 is 6.18 Å². The first-order valence-corrected chi connectivity index (χ1v) is 7.11. The highest BCUT2D eigenvalue weighted by atomic mass is 35.5. The zero-order valence-corrected chi connectivity index (χ0v) is 12.5. The molecule has 1 heterocycles. The molecular formula is C16H11ClF3N3. The van der Waals surface area contributed by atoms with Crippen molar-refractivity contribution in [3.8, 4) is 11.3 Å². The third-order valence-corrected chi connectivity index (χ3v) is 3.70. The van der Waals surface area contributed by atoms with Gasteiger partial charge < -0.3 is 5.73 Å². The van der Waals surface area contributed by atoms with Crippen LogP contribution in [-0.2, 0) is 12.7 Å². The second-order valence-corrected chi connectivity index (χ2v) is 5.28. The molecule has 0 aliphatic rings. The Kier molecular flexibility index (Phi) is 3.95. The Morgan fingerprint density at radius 2 is 1.74 bits per heavy atom. The Labute approximate surface area is 134 Å². The smallest absolute Gasteiger partial charge is 0.325 e. The fourth-order valence-electron chi connectivity index (χ4n) is 2.37. The normalized spacial score (nSPS) is 11.9. The Hall–Kier alpha value is -2.18. The molecule has 2 N–H and O–H groups in total. The molecule has 0 amide bonds. The van der Waals surface area contributed by atoms with E-state index < -0.39 is 11.7 Å². The molecule has 118 valence electrons. The minimum atomic E-state index is -4.50. The molecular weight excluding hydrogens is 327 g/mol. The minimum Gasteiger partial charge on any atom is -0.325 e. The summed E-state index contributed by atoms with van der Waals surface area (Å²) in [4.78, 5) is 8.63. The van der Waals surface area contributed by atoms with Crippen LogP contribution in [0.5, 0.6) is 0 Å². The molecule has 2 aromatic carbocycles. The van der Waals surface area contributed by atoms with Crippen molar-refractivity contribution in [2.75, 3.05) is 0 Å². The fraction of sp³-hybridized carbons (Fsp3) is 0.125. The van der Waals surface area contributed by atoms with E-state index >= 15 is 0 Å². The van der Waals surface area contributed by atoms with Crippen LogP contribution >= 0.6 is 11.6 Å². The molecule has 23 heavy (non-hydrogen) atoms. The van der Waals surface area contributed by atoms with Crippen molar-refractivity contribution in [3.63, 3.8) is 0 Å². The summed E-state index contributed by atoms with van der Waals surface area (Å²) in [6, 6.07) is 10.2. The van der Waals surface area contributed by atoms with Gasteiger partial charge in [-0.1, -0.05) is 35.9 Å². The number of fused-ring (bicyclic) bond motifs is 1. The van der Waals surface area contributed by atoms with E-state index in [9.17, 15) is 13.2 Å². The largest absolute Gasteiger partial charge is 0.417 e. The highest BCUT2D eigenvalue weighted by Gasteiger charge is 2.34. The van der Waals surface area contributed by atoms with Gasteiger partial charge in [-0.15, -0.1) is 0 Å². The number of hydrogen-bond donors (Lipinski definition) is 1. The molecule has 0 aliphatic carbocycles. The van der Waals surface area contributed by atoms with E-state index in [2.05, 4.69) is 9.97 Å². The van der Waals surface area contributed by atoms with Gasteiger partial charge in [0.1, 0.15) is 5.52 Å². The van der Waals surface area contributed by atoms with Gasteiger partial charge in [-0.25, -0.2) is 9.97 Å². The molecule has 0 saturated carbocycles. The zero-order chi connectivity index (χ0) is 16.6. The SMILES string of the molecule is NCc1nc2cccc(Cl)c2nc1-c1ccccc1C(F)(F)F. The average Bonchev–Trinajstić information content (AvgIpc) is 2.53. The average molecular weight is 338 g/mol. The summed E-state index contributed by atoms with van der Waals surface area (Å²) in [6.07, 6.45) is -4.50. The first-order chi connectivity index (χ1) is 10.9. The van der Waals surface area contributed by atoms with Gasteiger partial charge in [0, 0.05) is 12.1 Å². The maximum absolute atomic E-state index is 13.3. The maximum Gasteiger partial charge on any atom is 0.417 e. The fourth-order valence-corrected chi connectivity index (χ4v) is 2.59. The molecule has 0 aliphatic heterocycles. The summed E-state index contributed by atoms with van der Waals surface area (Å²) in [6.45, 7) is -0.0308. The van der Waals surface area contributed by atoms with Crippen molar-refractivity contribution in [2.45, 2.75) is 12.7 Å². The molecule has 0 spiro atoms. The van der Waals surface area contributed by atoms with E-state index in [0.717, 1.165) is 6.07 Å². The molecule has 0 atom stereocenters. The Morgan fingerprint density at radius 3 is 2.43 bits per heavy atom. The van der Waals surface area contributed by atoms with Crippen LogP contribution < -0.4 is 5.73 Å². The molecule has 1 aromatic heterocycles. The lowest BCUT2D eigenvalue weighted by atomic mass is 10.0. The third-order valence-electron chi connectivity index (χ3n) is 3.40. The summed E-state index contributed by atoms with van der Waals surface area (Å²) in [5, 5.41) is 0.323.